The molecule has 0 radical (unpaired) electrons. The number of benzene rings is 2. The Morgan fingerprint density at radius 1 is 1.27 bits per heavy atom. The number of nitro groups is 1. The number of hydrogen-bond donors (Lipinski definition) is 0. The van der Waals surface area contributed by atoms with Crippen molar-refractivity contribution < 1.29 is 9.72 Å². The molecule has 3 rings (SSSR count). The monoisotopic (exact) mass is 408 g/mol. The van der Waals surface area contributed by atoms with Gasteiger partial charge in [-0.1, -0.05) is 24.3 Å². The van der Waals surface area contributed by atoms with Crippen molar-refractivity contribution in [2.24, 2.45) is 0 Å². The number of nitro benzene ring substituents is 1. The first-order chi connectivity index (χ1) is 14.3. The fourth-order valence-electron chi connectivity index (χ4n) is 3.41. The van der Waals surface area contributed by atoms with Gasteiger partial charge in [0.1, 0.15) is 0 Å². The fourth-order valence-corrected chi connectivity index (χ4v) is 3.41. The standard InChI is InChI=1S/C22H24N4O4/c1-15-7-4-10-19-21(15)23-14-25(22(19)28)12-6-11-20(27)24(3)16(2)17-8-5-9-18(13-17)26(29)30/h4-5,7-10,13-14,16H,6,11-12H2,1-3H3/t16-/m0/s1. The number of carbonyl (C=O) groups excluding carboxylic acids is 1. The van der Waals surface area contributed by atoms with E-state index in [0.717, 1.165) is 5.56 Å². The maximum Gasteiger partial charge on any atom is 0.269 e. The highest BCUT2D eigenvalue weighted by atomic mass is 16.6. The molecular weight excluding hydrogens is 384 g/mol. The Kier molecular flexibility index (Phi) is 6.25. The second kappa shape index (κ2) is 8.86. The predicted octanol–water partition coefficient (Wildman–Crippen LogP) is 3.61. The number of aromatic nitrogens is 2. The van der Waals surface area contributed by atoms with E-state index in [1.807, 2.05) is 26.0 Å². The highest BCUT2D eigenvalue weighted by molar-refractivity contribution is 5.80. The van der Waals surface area contributed by atoms with E-state index in [0.29, 0.717) is 29.4 Å². The minimum atomic E-state index is -0.450. The third kappa shape index (κ3) is 4.37. The van der Waals surface area contributed by atoms with Gasteiger partial charge in [-0.25, -0.2) is 4.98 Å². The SMILES string of the molecule is Cc1cccc2c(=O)n(CCCC(=O)N(C)[C@@H](C)c3cccc([N+](=O)[O-])c3)cnc12. The van der Waals surface area contributed by atoms with Crippen molar-refractivity contribution in [3.8, 4) is 0 Å². The second-order valence-corrected chi connectivity index (χ2v) is 7.35. The highest BCUT2D eigenvalue weighted by Gasteiger charge is 2.19. The number of nitrogens with zero attached hydrogens (tertiary/aromatic N) is 4. The predicted molar refractivity (Wildman–Crippen MR) is 114 cm³/mol. The molecule has 0 aliphatic heterocycles. The van der Waals surface area contributed by atoms with Crippen LogP contribution in [0.25, 0.3) is 10.9 Å². The van der Waals surface area contributed by atoms with Gasteiger partial charge in [0.2, 0.25) is 5.91 Å². The van der Waals surface area contributed by atoms with Gasteiger partial charge in [-0.3, -0.25) is 24.3 Å². The molecule has 1 aromatic heterocycles. The Morgan fingerprint density at radius 2 is 2.00 bits per heavy atom. The topological polar surface area (TPSA) is 98.3 Å². The number of carbonyl (C=O) groups is 1. The van der Waals surface area contributed by atoms with Crippen LogP contribution in [0, 0.1) is 17.0 Å². The van der Waals surface area contributed by atoms with Gasteiger partial charge in [-0.2, -0.15) is 0 Å². The molecule has 0 aliphatic rings. The van der Waals surface area contributed by atoms with E-state index in [1.165, 1.54) is 23.0 Å². The van der Waals surface area contributed by atoms with E-state index in [2.05, 4.69) is 4.98 Å². The molecule has 2 aromatic carbocycles. The smallest absolute Gasteiger partial charge is 0.269 e. The average Bonchev–Trinajstić information content (AvgIpc) is 2.74. The lowest BCUT2D eigenvalue weighted by Crippen LogP contribution is -2.30. The molecule has 156 valence electrons. The van der Waals surface area contributed by atoms with Gasteiger partial charge in [-0.15, -0.1) is 0 Å². The van der Waals surface area contributed by atoms with Crippen LogP contribution in [-0.4, -0.2) is 32.3 Å². The van der Waals surface area contributed by atoms with Gasteiger partial charge >= 0.3 is 0 Å². The highest BCUT2D eigenvalue weighted by Crippen LogP contribution is 2.23. The quantitative estimate of drug-likeness (QED) is 0.439. The van der Waals surface area contributed by atoms with Gasteiger partial charge in [-0.05, 0) is 37.5 Å². The molecule has 0 N–H and O–H groups in total. The summed E-state index contributed by atoms with van der Waals surface area (Å²) in [7, 11) is 1.68. The van der Waals surface area contributed by atoms with E-state index in [9.17, 15) is 19.7 Å². The molecule has 8 heteroatoms. The van der Waals surface area contributed by atoms with Crippen molar-refractivity contribution in [3.05, 3.63) is 80.4 Å². The Bertz CT molecular complexity index is 1160. The normalized spacial score (nSPS) is 12.0. The first kappa shape index (κ1) is 21.2. The zero-order valence-corrected chi connectivity index (χ0v) is 17.2. The average molecular weight is 408 g/mol. The summed E-state index contributed by atoms with van der Waals surface area (Å²) in [4.78, 5) is 41.7. The van der Waals surface area contributed by atoms with Crippen LogP contribution in [0.15, 0.2) is 53.6 Å². The number of hydrogen-bond acceptors (Lipinski definition) is 5. The Hall–Kier alpha value is -3.55. The van der Waals surface area contributed by atoms with Crippen LogP contribution in [0.5, 0.6) is 0 Å². The van der Waals surface area contributed by atoms with Crippen LogP contribution in [-0.2, 0) is 11.3 Å². The summed E-state index contributed by atoms with van der Waals surface area (Å²) >= 11 is 0. The van der Waals surface area contributed by atoms with Gasteiger partial charge < -0.3 is 4.90 Å². The molecule has 0 bridgehead atoms. The van der Waals surface area contributed by atoms with Gasteiger partial charge in [0.15, 0.2) is 0 Å². The lowest BCUT2D eigenvalue weighted by Gasteiger charge is -2.25. The van der Waals surface area contributed by atoms with E-state index in [1.54, 1.807) is 30.1 Å². The summed E-state index contributed by atoms with van der Waals surface area (Å²) in [6, 6.07) is 11.5. The molecule has 1 atom stereocenters. The summed E-state index contributed by atoms with van der Waals surface area (Å²) in [5, 5.41) is 11.5. The zero-order valence-electron chi connectivity index (χ0n) is 17.2. The van der Waals surface area contributed by atoms with Gasteiger partial charge in [0.25, 0.3) is 11.2 Å². The summed E-state index contributed by atoms with van der Waals surface area (Å²) in [6.45, 7) is 4.13. The third-order valence-electron chi connectivity index (χ3n) is 5.38. The second-order valence-electron chi connectivity index (χ2n) is 7.35. The number of para-hydroxylation sites is 1. The van der Waals surface area contributed by atoms with Gasteiger partial charge in [0, 0.05) is 32.1 Å². The first-order valence-electron chi connectivity index (χ1n) is 9.74. The van der Waals surface area contributed by atoms with Crippen LogP contribution in [0.3, 0.4) is 0 Å². The van der Waals surface area contributed by atoms with E-state index >= 15 is 0 Å². The molecule has 30 heavy (non-hydrogen) atoms. The van der Waals surface area contributed by atoms with Crippen LogP contribution >= 0.6 is 0 Å². The van der Waals surface area contributed by atoms with Crippen molar-refractivity contribution in [3.63, 3.8) is 0 Å². The molecule has 8 nitrogen and oxygen atoms in total. The van der Waals surface area contributed by atoms with Crippen molar-refractivity contribution >= 4 is 22.5 Å². The summed E-state index contributed by atoms with van der Waals surface area (Å²) in [5.41, 5.74) is 2.22. The van der Waals surface area contributed by atoms with Crippen molar-refractivity contribution in [2.45, 2.75) is 39.3 Å². The molecule has 0 fully saturated rings. The van der Waals surface area contributed by atoms with E-state index < -0.39 is 4.92 Å². The number of rotatable bonds is 7. The van der Waals surface area contributed by atoms with Crippen LogP contribution in [0.2, 0.25) is 0 Å². The molecule has 0 spiro atoms. The number of amides is 1. The third-order valence-corrected chi connectivity index (χ3v) is 5.38. The van der Waals surface area contributed by atoms with E-state index in [4.69, 9.17) is 0 Å². The molecule has 0 aliphatic carbocycles. The fraction of sp³-hybridized carbons (Fsp3) is 0.318. The summed E-state index contributed by atoms with van der Waals surface area (Å²) in [6.07, 6.45) is 2.27. The molecule has 1 amide bonds. The first-order valence-corrected chi connectivity index (χ1v) is 9.74. The van der Waals surface area contributed by atoms with E-state index in [-0.39, 0.29) is 29.6 Å². The molecule has 3 aromatic rings. The minimum absolute atomic E-state index is 0.00128. The summed E-state index contributed by atoms with van der Waals surface area (Å²) in [5.74, 6) is -0.0911. The number of non-ortho nitro benzene ring substituents is 1. The molecule has 0 saturated heterocycles. The lowest BCUT2D eigenvalue weighted by atomic mass is 10.1. The van der Waals surface area contributed by atoms with Crippen molar-refractivity contribution in [1.82, 2.24) is 14.5 Å². The van der Waals surface area contributed by atoms with Crippen LogP contribution in [0.4, 0.5) is 5.69 Å². The number of aryl methyl sites for hydroxylation is 2. The molecular formula is C22H24N4O4. The lowest BCUT2D eigenvalue weighted by molar-refractivity contribution is -0.384. The zero-order chi connectivity index (χ0) is 21.8. The van der Waals surface area contributed by atoms with Crippen LogP contribution in [0.1, 0.15) is 36.9 Å². The Morgan fingerprint density at radius 3 is 2.73 bits per heavy atom. The largest absolute Gasteiger partial charge is 0.339 e. The van der Waals surface area contributed by atoms with Crippen LogP contribution < -0.4 is 5.56 Å². The molecule has 1 heterocycles. The number of fused-ring (bicyclic) bond motifs is 1. The molecule has 0 saturated carbocycles. The maximum atomic E-state index is 12.6. The Labute approximate surface area is 173 Å². The van der Waals surface area contributed by atoms with Crippen molar-refractivity contribution in [2.75, 3.05) is 7.05 Å². The minimum Gasteiger partial charge on any atom is -0.339 e. The molecule has 0 unspecified atom stereocenters. The maximum absolute atomic E-state index is 12.6. The summed E-state index contributed by atoms with van der Waals surface area (Å²) < 4.78 is 1.53. The Balaban J connectivity index is 1.64. The van der Waals surface area contributed by atoms with Gasteiger partial charge in [0.05, 0.1) is 28.2 Å². The van der Waals surface area contributed by atoms with Crippen molar-refractivity contribution in [1.29, 1.82) is 0 Å².